The third kappa shape index (κ3) is 8.28. The number of β-lactam (4-membered cyclic amide) rings is 1. The zero-order valence-corrected chi connectivity index (χ0v) is 33.6. The van der Waals surface area contributed by atoms with E-state index >= 15 is 0 Å². The molecule has 0 saturated carbocycles. The molecule has 3 aliphatic heterocycles. The fourth-order valence-corrected chi connectivity index (χ4v) is 9.21. The number of benzene rings is 2. The summed E-state index contributed by atoms with van der Waals surface area (Å²) in [7, 11) is 0. The second-order valence-corrected chi connectivity index (χ2v) is 16.3. The van der Waals surface area contributed by atoms with Crippen molar-refractivity contribution >= 4 is 64.6 Å². The molecule has 61 heavy (non-hydrogen) atoms. The van der Waals surface area contributed by atoms with Gasteiger partial charge in [0.15, 0.2) is 35.1 Å². The Morgan fingerprint density at radius 2 is 1.84 bits per heavy atom. The van der Waals surface area contributed by atoms with Crippen LogP contribution >= 0.6 is 23.5 Å². The standard InChI is InChI=1S/C40H34FN9O9S2/c1-20-12-32(50-40(42-20)45-35(46-50)21-5-7-28(52)29(53)14-21)60-19-31(55)44-33-37(57)49-34(39(58)59)23(18-61-38(33)49)13-22-9-11-48(36(22)56)16-25-4-2-3-10-47(25)17-30(54)43-24-6-8-27(51)26(41)15-24/h2-8,10,12-15,33,38H,9,11,16-19H2,1H3,(H5-,43,44,46,51,52,53,54,55,58,59)/t33-,38-/m1/s1. The van der Waals surface area contributed by atoms with Crippen molar-refractivity contribution in [3.63, 3.8) is 0 Å². The average Bonchev–Trinajstić information content (AvgIpc) is 3.81. The first kappa shape index (κ1) is 40.8. The fraction of sp³-hybridized carbons (Fsp3) is 0.225. The number of halogens is 1. The van der Waals surface area contributed by atoms with Gasteiger partial charge in [-0.2, -0.15) is 14.1 Å². The first-order valence-electron chi connectivity index (χ1n) is 18.6. The number of nitrogens with one attached hydrogen (secondary N) is 2. The Bertz CT molecular complexity index is 2740. The Balaban J connectivity index is 0.901. The number of nitrogens with zero attached hydrogens (tertiary/aromatic N) is 7. The summed E-state index contributed by atoms with van der Waals surface area (Å²) < 4.78 is 16.8. The molecule has 5 aromatic rings. The molecule has 6 heterocycles. The lowest BCUT2D eigenvalue weighted by molar-refractivity contribution is -0.692. The van der Waals surface area contributed by atoms with Gasteiger partial charge < -0.3 is 40.8 Å². The highest BCUT2D eigenvalue weighted by molar-refractivity contribution is 8.00. The van der Waals surface area contributed by atoms with Crippen molar-refractivity contribution in [3.05, 3.63) is 107 Å². The fourth-order valence-electron chi connectivity index (χ4n) is 7.05. The molecule has 21 heteroatoms. The second kappa shape index (κ2) is 16.6. The number of carbonyl (C=O) groups is 5. The number of carboxylic acid groups (broad SMARTS) is 1. The lowest BCUT2D eigenvalue weighted by Crippen LogP contribution is -2.71. The number of carboxylic acids is 1. The van der Waals surface area contributed by atoms with E-state index in [0.717, 1.165) is 28.8 Å². The molecule has 312 valence electrons. The summed E-state index contributed by atoms with van der Waals surface area (Å²) in [6, 6.07) is 13.6. The molecule has 2 aromatic carbocycles. The van der Waals surface area contributed by atoms with E-state index in [1.54, 1.807) is 46.9 Å². The van der Waals surface area contributed by atoms with E-state index in [1.165, 1.54) is 46.6 Å². The summed E-state index contributed by atoms with van der Waals surface area (Å²) in [5, 5.41) is 51.1. The van der Waals surface area contributed by atoms with Gasteiger partial charge in [0, 0.05) is 53.0 Å². The van der Waals surface area contributed by atoms with Crippen molar-refractivity contribution in [2.75, 3.05) is 23.4 Å². The van der Waals surface area contributed by atoms with Crippen LogP contribution in [-0.2, 0) is 37.1 Å². The molecular weight excluding hydrogens is 834 g/mol. The highest BCUT2D eigenvalue weighted by Crippen LogP contribution is 2.41. The van der Waals surface area contributed by atoms with Crippen molar-refractivity contribution in [2.45, 2.75) is 42.9 Å². The van der Waals surface area contributed by atoms with Gasteiger partial charge in [0.05, 0.1) is 17.4 Å². The van der Waals surface area contributed by atoms with Gasteiger partial charge in [-0.15, -0.1) is 16.9 Å². The Morgan fingerprint density at radius 3 is 2.61 bits per heavy atom. The van der Waals surface area contributed by atoms with Gasteiger partial charge >= 0.3 is 0 Å². The van der Waals surface area contributed by atoms with E-state index in [4.69, 9.17) is 0 Å². The van der Waals surface area contributed by atoms with E-state index in [2.05, 4.69) is 25.7 Å². The zero-order valence-electron chi connectivity index (χ0n) is 31.9. The molecular formula is C40H34FN9O9S2. The van der Waals surface area contributed by atoms with Crippen molar-refractivity contribution < 1.29 is 53.4 Å². The quantitative estimate of drug-likeness (QED) is 0.0225. The number of aliphatic carboxylic acids is 1. The number of thioether (sulfide) groups is 2. The van der Waals surface area contributed by atoms with Crippen LogP contribution in [0.4, 0.5) is 10.1 Å². The number of fused-ring (bicyclic) bond motifs is 2. The smallest absolute Gasteiger partial charge is 0.290 e. The number of hydrogen-bond acceptors (Lipinski definition) is 14. The predicted molar refractivity (Wildman–Crippen MR) is 214 cm³/mol. The highest BCUT2D eigenvalue weighted by atomic mass is 32.2. The molecule has 2 atom stereocenters. The van der Waals surface area contributed by atoms with Crippen LogP contribution in [0.5, 0.6) is 17.2 Å². The van der Waals surface area contributed by atoms with Crippen molar-refractivity contribution in [1.82, 2.24) is 34.7 Å². The molecule has 0 bridgehead atoms. The SMILES string of the molecule is Cc1cc(SCC(=O)N[C@@H]2C(=O)N3C(C(=O)[O-])=C(C=C4CCN(Cc5cccc[n+]5CC(=O)Nc5ccc(O)c(F)c5)C4=O)CS[C@H]23)n2nc(-c3ccc(O)c(O)c3)nc2n1. The van der Waals surface area contributed by atoms with Crippen LogP contribution < -0.4 is 20.3 Å². The normalized spacial score (nSPS) is 18.1. The van der Waals surface area contributed by atoms with Crippen LogP contribution in [0.3, 0.4) is 0 Å². The number of likely N-dealkylation sites (tertiary alicyclic amines) is 1. The number of anilines is 1. The Labute approximate surface area is 353 Å². The molecule has 8 rings (SSSR count). The van der Waals surface area contributed by atoms with Crippen LogP contribution in [0.2, 0.25) is 0 Å². The van der Waals surface area contributed by atoms with Gasteiger partial charge in [-0.3, -0.25) is 24.1 Å². The number of phenolic OH excluding ortho intramolecular Hbond substituents is 3. The Morgan fingerprint density at radius 1 is 1.03 bits per heavy atom. The van der Waals surface area contributed by atoms with Gasteiger partial charge in [-0.25, -0.2) is 9.37 Å². The maximum absolute atomic E-state index is 13.8. The third-order valence-corrected chi connectivity index (χ3v) is 12.3. The molecule has 4 amide bonds. The molecule has 0 unspecified atom stereocenters. The van der Waals surface area contributed by atoms with Crippen molar-refractivity contribution in [2.24, 2.45) is 0 Å². The molecule has 0 aliphatic carbocycles. The van der Waals surface area contributed by atoms with Gasteiger partial charge in [-0.05, 0) is 61.4 Å². The van der Waals surface area contributed by atoms with Crippen LogP contribution in [0.1, 0.15) is 17.8 Å². The molecule has 2 fully saturated rings. The summed E-state index contributed by atoms with van der Waals surface area (Å²) in [6.45, 7) is 2.03. The maximum atomic E-state index is 13.8. The first-order chi connectivity index (χ1) is 29.2. The van der Waals surface area contributed by atoms with E-state index < -0.39 is 46.7 Å². The van der Waals surface area contributed by atoms with Gasteiger partial charge in [0.2, 0.25) is 24.1 Å². The topological polar surface area (TPSA) is 247 Å². The summed E-state index contributed by atoms with van der Waals surface area (Å²) in [5.74, 6) is -5.16. The molecule has 0 radical (unpaired) electrons. The lowest BCUT2D eigenvalue weighted by Gasteiger charge is -2.50. The number of pyridine rings is 1. The van der Waals surface area contributed by atoms with Crippen LogP contribution in [0.15, 0.2) is 94.8 Å². The largest absolute Gasteiger partial charge is 0.543 e. The van der Waals surface area contributed by atoms with Gasteiger partial charge in [0.1, 0.15) is 23.0 Å². The third-order valence-electron chi connectivity index (χ3n) is 9.99. The van der Waals surface area contributed by atoms with Gasteiger partial charge in [-0.1, -0.05) is 17.8 Å². The summed E-state index contributed by atoms with van der Waals surface area (Å²) in [4.78, 5) is 76.9. The number of amides is 4. The minimum atomic E-state index is -1.60. The number of aryl methyl sites for hydroxylation is 1. The van der Waals surface area contributed by atoms with E-state index in [-0.39, 0.29) is 70.6 Å². The minimum Gasteiger partial charge on any atom is -0.543 e. The number of aromatic nitrogens is 5. The number of aromatic hydroxyl groups is 3. The summed E-state index contributed by atoms with van der Waals surface area (Å²) in [6.07, 6.45) is 3.43. The van der Waals surface area contributed by atoms with Crippen molar-refractivity contribution in [3.8, 4) is 28.6 Å². The Kier molecular flexibility index (Phi) is 11.1. The van der Waals surface area contributed by atoms with E-state index in [9.17, 15) is 48.8 Å². The number of carbonyl (C=O) groups excluding carboxylic acids is 5. The predicted octanol–water partition coefficient (Wildman–Crippen LogP) is 1.14. The number of allylic oxidation sites excluding steroid dienone is 1. The molecule has 3 aromatic heterocycles. The minimum absolute atomic E-state index is 0.121. The summed E-state index contributed by atoms with van der Waals surface area (Å²) >= 11 is 2.36. The monoisotopic (exact) mass is 867 g/mol. The molecule has 5 N–H and O–H groups in total. The zero-order chi connectivity index (χ0) is 43.1. The maximum Gasteiger partial charge on any atom is 0.290 e. The molecule has 0 spiro atoms. The summed E-state index contributed by atoms with van der Waals surface area (Å²) in [5.41, 5.74) is 2.00. The van der Waals surface area contributed by atoms with E-state index in [0.29, 0.717) is 40.5 Å². The molecule has 18 nitrogen and oxygen atoms in total. The highest BCUT2D eigenvalue weighted by Gasteiger charge is 2.52. The van der Waals surface area contributed by atoms with E-state index in [1.807, 2.05) is 0 Å². The Hall–Kier alpha value is -7.00. The van der Waals surface area contributed by atoms with Crippen LogP contribution in [-0.4, -0.2) is 104 Å². The molecule has 2 saturated heterocycles. The average molecular weight is 868 g/mol. The van der Waals surface area contributed by atoms with Crippen LogP contribution in [0, 0.1) is 12.7 Å². The molecule has 3 aliphatic rings. The number of phenols is 3. The number of hydrogen-bond donors (Lipinski definition) is 5. The number of rotatable bonds is 12. The first-order valence-corrected chi connectivity index (χ1v) is 20.6. The van der Waals surface area contributed by atoms with Crippen LogP contribution in [0.25, 0.3) is 17.2 Å². The second-order valence-electron chi connectivity index (χ2n) is 14.2. The van der Waals surface area contributed by atoms with Crippen molar-refractivity contribution in [1.29, 1.82) is 0 Å². The lowest BCUT2D eigenvalue weighted by atomic mass is 10.0. The van der Waals surface area contributed by atoms with Gasteiger partial charge in [0.25, 0.3) is 17.6 Å².